The quantitative estimate of drug-likeness (QED) is 0.877. The van der Waals surface area contributed by atoms with E-state index in [0.29, 0.717) is 28.1 Å². The normalized spacial score (nSPS) is 11.1. The van der Waals surface area contributed by atoms with Crippen molar-refractivity contribution in [3.8, 4) is 5.75 Å². The van der Waals surface area contributed by atoms with Gasteiger partial charge in [0.1, 0.15) is 5.60 Å². The number of anilines is 1. The van der Waals surface area contributed by atoms with Crippen LogP contribution in [0.1, 0.15) is 27.7 Å². The first kappa shape index (κ1) is 15.9. The van der Waals surface area contributed by atoms with E-state index in [1.54, 1.807) is 32.9 Å². The monoisotopic (exact) mass is 305 g/mol. The summed E-state index contributed by atoms with van der Waals surface area (Å²) in [7, 11) is 0. The van der Waals surface area contributed by atoms with E-state index in [0.717, 1.165) is 0 Å². The highest BCUT2D eigenvalue weighted by atomic mass is 35.5. The van der Waals surface area contributed by atoms with Gasteiger partial charge in [0.05, 0.1) is 16.7 Å². The van der Waals surface area contributed by atoms with Crippen LogP contribution in [0.3, 0.4) is 0 Å². The molecule has 106 valence electrons. The predicted molar refractivity (Wildman–Crippen MR) is 77.5 cm³/mol. The molecular weight excluding hydrogens is 289 g/mol. The summed E-state index contributed by atoms with van der Waals surface area (Å²) in [6.45, 7) is 7.64. The van der Waals surface area contributed by atoms with E-state index in [-0.39, 0.29) is 0 Å². The van der Waals surface area contributed by atoms with E-state index in [9.17, 15) is 4.79 Å². The summed E-state index contributed by atoms with van der Waals surface area (Å²) in [5.41, 5.74) is -0.115. The Bertz CT molecular complexity index is 446. The Morgan fingerprint density at radius 1 is 1.26 bits per heavy atom. The van der Waals surface area contributed by atoms with E-state index in [1.165, 1.54) is 0 Å². The third-order valence-corrected chi connectivity index (χ3v) is 2.49. The zero-order chi connectivity index (χ0) is 14.6. The van der Waals surface area contributed by atoms with Crippen molar-refractivity contribution >= 4 is 35.0 Å². The first-order valence-corrected chi connectivity index (χ1v) is 6.60. The van der Waals surface area contributed by atoms with Gasteiger partial charge in [0.25, 0.3) is 0 Å². The van der Waals surface area contributed by atoms with Gasteiger partial charge >= 0.3 is 6.09 Å². The first-order chi connectivity index (χ1) is 8.73. The molecule has 1 N–H and O–H groups in total. The molecule has 0 atom stereocenters. The third kappa shape index (κ3) is 5.17. The lowest BCUT2D eigenvalue weighted by molar-refractivity contribution is 0.0636. The minimum Gasteiger partial charge on any atom is -0.491 e. The molecule has 0 aliphatic carbocycles. The zero-order valence-electron chi connectivity index (χ0n) is 11.3. The van der Waals surface area contributed by atoms with Crippen LogP contribution in [0.4, 0.5) is 10.5 Å². The number of benzene rings is 1. The fourth-order valence-corrected chi connectivity index (χ4v) is 1.93. The summed E-state index contributed by atoms with van der Waals surface area (Å²) in [6, 6.07) is 3.12. The standard InChI is InChI=1S/C13H17Cl2NO3/c1-5-18-11-9(14)6-8(7-10(11)15)16-12(17)19-13(2,3)4/h6-7H,5H2,1-4H3,(H,16,17). The van der Waals surface area contributed by atoms with Gasteiger partial charge in [-0.1, -0.05) is 23.2 Å². The summed E-state index contributed by atoms with van der Waals surface area (Å²) in [4.78, 5) is 11.6. The highest BCUT2D eigenvalue weighted by Crippen LogP contribution is 2.36. The molecule has 0 bridgehead atoms. The van der Waals surface area contributed by atoms with E-state index in [2.05, 4.69) is 5.32 Å². The maximum atomic E-state index is 11.6. The van der Waals surface area contributed by atoms with Crippen molar-refractivity contribution in [1.29, 1.82) is 0 Å². The van der Waals surface area contributed by atoms with E-state index < -0.39 is 11.7 Å². The Kier molecular flexibility index (Phi) is 5.32. The van der Waals surface area contributed by atoms with Crippen LogP contribution >= 0.6 is 23.2 Å². The fourth-order valence-electron chi connectivity index (χ4n) is 1.34. The van der Waals surface area contributed by atoms with Gasteiger partial charge in [-0.15, -0.1) is 0 Å². The van der Waals surface area contributed by atoms with Crippen molar-refractivity contribution in [2.75, 3.05) is 11.9 Å². The second-order valence-corrected chi connectivity index (χ2v) is 5.64. The predicted octanol–water partition coefficient (Wildman–Crippen LogP) is 4.74. The molecule has 0 fully saturated rings. The maximum absolute atomic E-state index is 11.6. The molecule has 1 aromatic carbocycles. The van der Waals surface area contributed by atoms with Crippen LogP contribution in [0, 0.1) is 0 Å². The minimum absolute atomic E-state index is 0.334. The second-order valence-electron chi connectivity index (χ2n) is 4.83. The highest BCUT2D eigenvalue weighted by Gasteiger charge is 2.17. The van der Waals surface area contributed by atoms with Crippen molar-refractivity contribution < 1.29 is 14.3 Å². The van der Waals surface area contributed by atoms with Crippen LogP contribution in [0.25, 0.3) is 0 Å². The second kappa shape index (κ2) is 6.35. The van der Waals surface area contributed by atoms with Gasteiger partial charge in [0.15, 0.2) is 5.75 Å². The number of hydrogen-bond donors (Lipinski definition) is 1. The van der Waals surface area contributed by atoms with Crippen molar-refractivity contribution in [1.82, 2.24) is 0 Å². The number of hydrogen-bond acceptors (Lipinski definition) is 3. The van der Waals surface area contributed by atoms with Crippen LogP contribution in [0.15, 0.2) is 12.1 Å². The number of halogens is 2. The number of amides is 1. The number of carbonyl (C=O) groups is 1. The van der Waals surface area contributed by atoms with Gasteiger partial charge in [-0.2, -0.15) is 0 Å². The molecule has 0 heterocycles. The molecule has 0 unspecified atom stereocenters. The lowest BCUT2D eigenvalue weighted by Gasteiger charge is -2.20. The van der Waals surface area contributed by atoms with Crippen molar-refractivity contribution in [3.63, 3.8) is 0 Å². The molecule has 0 saturated carbocycles. The van der Waals surface area contributed by atoms with Crippen molar-refractivity contribution in [3.05, 3.63) is 22.2 Å². The maximum Gasteiger partial charge on any atom is 0.412 e. The lowest BCUT2D eigenvalue weighted by Crippen LogP contribution is -2.27. The van der Waals surface area contributed by atoms with Crippen LogP contribution in [0.5, 0.6) is 5.75 Å². The molecule has 0 spiro atoms. The van der Waals surface area contributed by atoms with Crippen LogP contribution in [0.2, 0.25) is 10.0 Å². The Morgan fingerprint density at radius 2 is 1.79 bits per heavy atom. The first-order valence-electron chi connectivity index (χ1n) is 5.84. The smallest absolute Gasteiger partial charge is 0.412 e. The lowest BCUT2D eigenvalue weighted by atomic mass is 10.2. The molecule has 0 aliphatic heterocycles. The molecule has 6 heteroatoms. The largest absolute Gasteiger partial charge is 0.491 e. The van der Waals surface area contributed by atoms with Crippen molar-refractivity contribution in [2.24, 2.45) is 0 Å². The molecular formula is C13H17Cl2NO3. The summed E-state index contributed by atoms with van der Waals surface area (Å²) < 4.78 is 10.4. The molecule has 1 aromatic rings. The Balaban J connectivity index is 2.83. The molecule has 0 aliphatic rings. The molecule has 0 saturated heterocycles. The fraction of sp³-hybridized carbons (Fsp3) is 0.462. The van der Waals surface area contributed by atoms with Crippen LogP contribution < -0.4 is 10.1 Å². The van der Waals surface area contributed by atoms with E-state index in [4.69, 9.17) is 32.7 Å². The Morgan fingerprint density at radius 3 is 2.21 bits per heavy atom. The van der Waals surface area contributed by atoms with Gasteiger partial charge in [-0.3, -0.25) is 5.32 Å². The van der Waals surface area contributed by atoms with Gasteiger partial charge in [0, 0.05) is 5.69 Å². The Hall–Kier alpha value is -1.13. The van der Waals surface area contributed by atoms with Crippen molar-refractivity contribution in [2.45, 2.75) is 33.3 Å². The van der Waals surface area contributed by atoms with Gasteiger partial charge in [-0.25, -0.2) is 4.79 Å². The summed E-state index contributed by atoms with van der Waals surface area (Å²) >= 11 is 12.1. The zero-order valence-corrected chi connectivity index (χ0v) is 12.9. The molecule has 0 radical (unpaired) electrons. The molecule has 19 heavy (non-hydrogen) atoms. The van der Waals surface area contributed by atoms with Gasteiger partial charge < -0.3 is 9.47 Å². The van der Waals surface area contributed by atoms with Crippen LogP contribution in [-0.4, -0.2) is 18.3 Å². The van der Waals surface area contributed by atoms with Gasteiger partial charge in [-0.05, 0) is 39.8 Å². The number of ether oxygens (including phenoxy) is 2. The third-order valence-electron chi connectivity index (χ3n) is 1.93. The number of carbonyl (C=O) groups excluding carboxylic acids is 1. The summed E-state index contributed by atoms with van der Waals surface area (Å²) in [6.07, 6.45) is -0.566. The highest BCUT2D eigenvalue weighted by molar-refractivity contribution is 6.37. The summed E-state index contributed by atoms with van der Waals surface area (Å²) in [5, 5.41) is 3.23. The topological polar surface area (TPSA) is 47.6 Å². The van der Waals surface area contributed by atoms with Crippen LogP contribution in [-0.2, 0) is 4.74 Å². The van der Waals surface area contributed by atoms with Gasteiger partial charge in [0.2, 0.25) is 0 Å². The minimum atomic E-state index is -0.567. The SMILES string of the molecule is CCOc1c(Cl)cc(NC(=O)OC(C)(C)C)cc1Cl. The van der Waals surface area contributed by atoms with E-state index in [1.807, 2.05) is 6.92 Å². The molecule has 0 aromatic heterocycles. The summed E-state index contributed by atoms with van der Waals surface area (Å²) in [5.74, 6) is 0.403. The molecule has 1 amide bonds. The number of rotatable bonds is 3. The average Bonchev–Trinajstić information content (AvgIpc) is 2.20. The Labute approximate surface area is 123 Å². The molecule has 4 nitrogen and oxygen atoms in total. The number of nitrogens with one attached hydrogen (secondary N) is 1. The molecule has 1 rings (SSSR count). The average molecular weight is 306 g/mol. The van der Waals surface area contributed by atoms with E-state index >= 15 is 0 Å².